The van der Waals surface area contributed by atoms with Crippen molar-refractivity contribution in [3.63, 3.8) is 0 Å². The first-order chi connectivity index (χ1) is 11.0. The Balaban J connectivity index is 1.66. The van der Waals surface area contributed by atoms with E-state index < -0.39 is 11.7 Å². The van der Waals surface area contributed by atoms with E-state index in [1.807, 2.05) is 0 Å². The van der Waals surface area contributed by atoms with Crippen LogP contribution < -0.4 is 10.6 Å². The van der Waals surface area contributed by atoms with E-state index in [1.54, 1.807) is 6.07 Å². The number of nitrogens with one attached hydrogen (secondary N) is 2. The van der Waals surface area contributed by atoms with Crippen LogP contribution in [0.15, 0.2) is 18.2 Å². The molecule has 23 heavy (non-hydrogen) atoms. The van der Waals surface area contributed by atoms with Crippen LogP contribution in [-0.4, -0.2) is 29.6 Å². The minimum Gasteiger partial charge on any atom is -0.393 e. The van der Waals surface area contributed by atoms with Crippen LogP contribution in [0.4, 0.5) is 10.1 Å². The third-order valence-electron chi connectivity index (χ3n) is 4.69. The van der Waals surface area contributed by atoms with Crippen molar-refractivity contribution in [2.45, 2.75) is 44.1 Å². The molecule has 1 heterocycles. The fourth-order valence-corrected chi connectivity index (χ4v) is 3.49. The Morgan fingerprint density at radius 1 is 1.39 bits per heavy atom. The lowest BCUT2D eigenvalue weighted by molar-refractivity contribution is -0.126. The number of hydrogen-bond donors (Lipinski definition) is 3. The topological polar surface area (TPSA) is 78.4 Å². The normalized spacial score (nSPS) is 27.0. The van der Waals surface area contributed by atoms with E-state index >= 15 is 0 Å². The molecular weight excluding hydrogens is 299 g/mol. The predicted molar refractivity (Wildman–Crippen MR) is 83.4 cm³/mol. The second kappa shape index (κ2) is 6.66. The summed E-state index contributed by atoms with van der Waals surface area (Å²) in [5.74, 6) is -1.26. The number of hydrogen-bond acceptors (Lipinski definition) is 3. The smallest absolute Gasteiger partial charge is 0.228 e. The molecule has 3 N–H and O–H groups in total. The second-order valence-electron chi connectivity index (χ2n) is 6.47. The van der Waals surface area contributed by atoms with Crippen LogP contribution in [0.3, 0.4) is 0 Å². The Labute approximate surface area is 134 Å². The van der Waals surface area contributed by atoms with Gasteiger partial charge in [0.25, 0.3) is 0 Å². The monoisotopic (exact) mass is 320 g/mol. The Morgan fingerprint density at radius 2 is 2.22 bits per heavy atom. The minimum absolute atomic E-state index is 0.0672. The number of anilines is 1. The van der Waals surface area contributed by atoms with Gasteiger partial charge < -0.3 is 15.7 Å². The zero-order valence-corrected chi connectivity index (χ0v) is 12.8. The highest BCUT2D eigenvalue weighted by Gasteiger charge is 2.31. The van der Waals surface area contributed by atoms with Gasteiger partial charge in [0, 0.05) is 18.7 Å². The molecule has 2 aliphatic rings. The molecule has 5 nitrogen and oxygen atoms in total. The molecule has 1 fully saturated rings. The van der Waals surface area contributed by atoms with Gasteiger partial charge in [-0.2, -0.15) is 0 Å². The van der Waals surface area contributed by atoms with Crippen LogP contribution in [0.2, 0.25) is 0 Å². The van der Waals surface area contributed by atoms with Crippen molar-refractivity contribution in [2.75, 3.05) is 11.9 Å². The largest absolute Gasteiger partial charge is 0.393 e. The Bertz CT molecular complexity index is 620. The number of aliphatic hydroxyl groups excluding tert-OH is 1. The quantitative estimate of drug-likeness (QED) is 0.796. The molecule has 2 amide bonds. The lowest BCUT2D eigenvalue weighted by Crippen LogP contribution is -2.38. The number of aliphatic hydroxyl groups is 1. The van der Waals surface area contributed by atoms with Gasteiger partial charge in [-0.1, -0.05) is 12.5 Å². The van der Waals surface area contributed by atoms with E-state index in [1.165, 1.54) is 12.1 Å². The zero-order chi connectivity index (χ0) is 16.4. The van der Waals surface area contributed by atoms with E-state index in [2.05, 4.69) is 10.6 Å². The van der Waals surface area contributed by atoms with Gasteiger partial charge >= 0.3 is 0 Å². The molecule has 0 bridgehead atoms. The van der Waals surface area contributed by atoms with Crippen LogP contribution in [0.25, 0.3) is 0 Å². The average molecular weight is 320 g/mol. The molecule has 0 saturated heterocycles. The Hall–Kier alpha value is -1.95. The van der Waals surface area contributed by atoms with Crippen LogP contribution in [-0.2, 0) is 9.59 Å². The van der Waals surface area contributed by atoms with Crippen molar-refractivity contribution < 1.29 is 19.1 Å². The summed E-state index contributed by atoms with van der Waals surface area (Å²) >= 11 is 0. The molecule has 3 unspecified atom stereocenters. The number of rotatable bonds is 3. The van der Waals surface area contributed by atoms with Crippen LogP contribution in [0.1, 0.15) is 43.6 Å². The number of fused-ring (bicyclic) bond motifs is 1. The molecule has 1 aromatic rings. The van der Waals surface area contributed by atoms with Gasteiger partial charge in [-0.15, -0.1) is 0 Å². The predicted octanol–water partition coefficient (Wildman–Crippen LogP) is 1.92. The summed E-state index contributed by atoms with van der Waals surface area (Å²) < 4.78 is 13.3. The number of amides is 2. The van der Waals surface area contributed by atoms with Crippen molar-refractivity contribution >= 4 is 17.5 Å². The van der Waals surface area contributed by atoms with Gasteiger partial charge in [0.05, 0.1) is 12.0 Å². The molecule has 1 aliphatic heterocycles. The summed E-state index contributed by atoms with van der Waals surface area (Å²) in [6, 6.07) is 4.09. The maximum Gasteiger partial charge on any atom is 0.228 e. The molecule has 6 heteroatoms. The van der Waals surface area contributed by atoms with Crippen molar-refractivity contribution in [3.05, 3.63) is 29.6 Å². The van der Waals surface area contributed by atoms with Gasteiger partial charge in [-0.3, -0.25) is 9.59 Å². The minimum atomic E-state index is -0.590. The molecule has 0 spiro atoms. The van der Waals surface area contributed by atoms with Crippen LogP contribution >= 0.6 is 0 Å². The highest BCUT2D eigenvalue weighted by Crippen LogP contribution is 2.33. The number of carbonyl (C=O) groups excluding carboxylic acids is 2. The van der Waals surface area contributed by atoms with E-state index in [-0.39, 0.29) is 30.3 Å². The Kier molecular flexibility index (Phi) is 4.61. The first-order valence-corrected chi connectivity index (χ1v) is 8.08. The summed E-state index contributed by atoms with van der Waals surface area (Å²) in [5.41, 5.74) is 1.02. The molecular formula is C17H21FN2O3. The third kappa shape index (κ3) is 3.69. The Morgan fingerprint density at radius 3 is 3.00 bits per heavy atom. The van der Waals surface area contributed by atoms with Gasteiger partial charge in [-0.25, -0.2) is 4.39 Å². The molecule has 1 aromatic carbocycles. The first-order valence-electron chi connectivity index (χ1n) is 8.08. The van der Waals surface area contributed by atoms with Crippen molar-refractivity contribution in [1.82, 2.24) is 5.32 Å². The van der Waals surface area contributed by atoms with Gasteiger partial charge in [0.15, 0.2) is 0 Å². The third-order valence-corrected chi connectivity index (χ3v) is 4.69. The number of benzene rings is 1. The summed E-state index contributed by atoms with van der Waals surface area (Å²) in [7, 11) is 0. The van der Waals surface area contributed by atoms with Gasteiger partial charge in [0.2, 0.25) is 11.8 Å². The van der Waals surface area contributed by atoms with Crippen LogP contribution in [0.5, 0.6) is 0 Å². The highest BCUT2D eigenvalue weighted by molar-refractivity contribution is 6.01. The fourth-order valence-electron chi connectivity index (χ4n) is 3.49. The van der Waals surface area contributed by atoms with Gasteiger partial charge in [0.1, 0.15) is 5.82 Å². The fraction of sp³-hybridized carbons (Fsp3) is 0.529. The van der Waals surface area contributed by atoms with E-state index in [0.29, 0.717) is 24.2 Å². The first kappa shape index (κ1) is 15.9. The highest BCUT2D eigenvalue weighted by atomic mass is 19.1. The summed E-state index contributed by atoms with van der Waals surface area (Å²) in [6.07, 6.45) is 3.27. The molecule has 3 rings (SSSR count). The van der Waals surface area contributed by atoms with Crippen molar-refractivity contribution in [1.29, 1.82) is 0 Å². The maximum absolute atomic E-state index is 13.3. The lowest BCUT2D eigenvalue weighted by atomic mass is 9.86. The maximum atomic E-state index is 13.3. The van der Waals surface area contributed by atoms with Crippen molar-refractivity contribution in [3.8, 4) is 0 Å². The van der Waals surface area contributed by atoms with Gasteiger partial charge in [-0.05, 0) is 42.9 Å². The number of carbonyl (C=O) groups is 2. The summed E-state index contributed by atoms with van der Waals surface area (Å²) in [5, 5.41) is 15.2. The van der Waals surface area contributed by atoms with Crippen molar-refractivity contribution in [2.24, 2.45) is 5.92 Å². The van der Waals surface area contributed by atoms with Crippen LogP contribution in [0, 0.1) is 11.7 Å². The molecule has 1 saturated carbocycles. The number of halogens is 1. The standard InChI is InChI=1S/C17H21FN2O3/c18-11-4-5-13-14(8-16(22)20-15(13)7-11)17(23)19-9-10-2-1-3-12(21)6-10/h4-5,7,10,12,14,21H,1-3,6,8-9H2,(H,19,23)(H,20,22). The molecule has 1 aliphatic carbocycles. The molecule has 3 atom stereocenters. The van der Waals surface area contributed by atoms with E-state index in [4.69, 9.17) is 0 Å². The average Bonchev–Trinajstić information content (AvgIpc) is 2.51. The summed E-state index contributed by atoms with van der Waals surface area (Å²) in [6.45, 7) is 0.505. The van der Waals surface area contributed by atoms with E-state index in [0.717, 1.165) is 19.3 Å². The zero-order valence-electron chi connectivity index (χ0n) is 12.8. The SMILES string of the molecule is O=C1CC(C(=O)NCC2CCCC(O)C2)c2ccc(F)cc2N1. The molecule has 0 aromatic heterocycles. The molecule has 0 radical (unpaired) electrons. The second-order valence-corrected chi connectivity index (χ2v) is 6.47. The summed E-state index contributed by atoms with van der Waals surface area (Å²) in [4.78, 5) is 24.2. The molecule has 124 valence electrons. The lowest BCUT2D eigenvalue weighted by Gasteiger charge is -2.28. The van der Waals surface area contributed by atoms with E-state index in [9.17, 15) is 19.1 Å².